The number of sulfonamides is 1. The lowest BCUT2D eigenvalue weighted by Gasteiger charge is -2.09. The largest absolute Gasteiger partial charge is 0.478 e. The molecule has 0 bridgehead atoms. The maximum atomic E-state index is 12.0. The van der Waals surface area contributed by atoms with Crippen molar-refractivity contribution in [1.82, 2.24) is 10.3 Å². The molecule has 0 heterocycles. The van der Waals surface area contributed by atoms with Gasteiger partial charge in [-0.3, -0.25) is 10.2 Å². The Morgan fingerprint density at radius 3 is 2.29 bits per heavy atom. The van der Waals surface area contributed by atoms with E-state index in [1.54, 1.807) is 0 Å². The molecule has 24 heavy (non-hydrogen) atoms. The van der Waals surface area contributed by atoms with Crippen LogP contribution in [0.2, 0.25) is 0 Å². The number of rotatable bonds is 5. The van der Waals surface area contributed by atoms with E-state index < -0.39 is 21.9 Å². The van der Waals surface area contributed by atoms with Crippen molar-refractivity contribution in [3.8, 4) is 6.07 Å². The predicted octanol–water partition coefficient (Wildman–Crippen LogP) is 0.880. The Kier molecular flexibility index (Phi) is 4.93. The number of benzene rings is 2. The normalized spacial score (nSPS) is 10.6. The van der Waals surface area contributed by atoms with Crippen molar-refractivity contribution in [3.63, 3.8) is 0 Å². The number of aromatic carboxylic acids is 1. The number of carboxylic acid groups (broad SMARTS) is 1. The first-order valence-corrected chi connectivity index (χ1v) is 7.97. The smallest absolute Gasteiger partial charge is 0.335 e. The molecule has 0 aliphatic carbocycles. The standard InChI is InChI=1S/C15H11N3O5S/c16-9-10-2-1-3-12(8-10)14(19)17-18-24(22,23)13-6-4-11(5-7-13)15(20)21/h1-8,18H,(H,17,19)(H,20,21). The minimum Gasteiger partial charge on any atom is -0.478 e. The molecule has 0 unspecified atom stereocenters. The van der Waals surface area contributed by atoms with Gasteiger partial charge in [0.2, 0.25) is 0 Å². The molecule has 3 N–H and O–H groups in total. The van der Waals surface area contributed by atoms with Crippen LogP contribution in [0.3, 0.4) is 0 Å². The molecule has 0 atom stereocenters. The average molecular weight is 345 g/mol. The molecule has 0 spiro atoms. The summed E-state index contributed by atoms with van der Waals surface area (Å²) in [6, 6.07) is 12.1. The Hall–Kier alpha value is -3.22. The molecule has 2 rings (SSSR count). The molecule has 2 aromatic carbocycles. The van der Waals surface area contributed by atoms with Gasteiger partial charge < -0.3 is 5.11 Å². The van der Waals surface area contributed by atoms with E-state index in [-0.39, 0.29) is 21.6 Å². The fourth-order valence-electron chi connectivity index (χ4n) is 1.75. The zero-order valence-corrected chi connectivity index (χ0v) is 12.9. The first kappa shape index (κ1) is 17.1. The van der Waals surface area contributed by atoms with Gasteiger partial charge in [0.1, 0.15) is 0 Å². The summed E-state index contributed by atoms with van der Waals surface area (Å²) < 4.78 is 24.1. The summed E-state index contributed by atoms with van der Waals surface area (Å²) in [5.41, 5.74) is 2.33. The molecule has 9 heteroatoms. The van der Waals surface area contributed by atoms with Gasteiger partial charge in [-0.25, -0.2) is 13.2 Å². The van der Waals surface area contributed by atoms with E-state index in [1.165, 1.54) is 24.3 Å². The third kappa shape index (κ3) is 3.95. The Labute approximate surface area is 137 Å². The van der Waals surface area contributed by atoms with Gasteiger partial charge in [-0.1, -0.05) is 6.07 Å². The van der Waals surface area contributed by atoms with Crippen LogP contribution in [0.4, 0.5) is 0 Å². The van der Waals surface area contributed by atoms with E-state index in [2.05, 4.69) is 0 Å². The lowest BCUT2D eigenvalue weighted by Crippen LogP contribution is -2.41. The van der Waals surface area contributed by atoms with Crippen molar-refractivity contribution in [3.05, 3.63) is 65.2 Å². The molecule has 0 aliphatic heterocycles. The molecular formula is C15H11N3O5S. The van der Waals surface area contributed by atoms with Crippen LogP contribution in [0, 0.1) is 11.3 Å². The third-order valence-corrected chi connectivity index (χ3v) is 4.23. The minimum absolute atomic E-state index is 0.0636. The zero-order valence-electron chi connectivity index (χ0n) is 12.1. The number of nitrogens with zero attached hydrogens (tertiary/aromatic N) is 1. The van der Waals surface area contributed by atoms with E-state index >= 15 is 0 Å². The highest BCUT2D eigenvalue weighted by Gasteiger charge is 2.16. The number of nitrogens with one attached hydrogen (secondary N) is 2. The van der Waals surface area contributed by atoms with Crippen molar-refractivity contribution in [2.24, 2.45) is 0 Å². The van der Waals surface area contributed by atoms with Crippen LogP contribution in [0.15, 0.2) is 53.4 Å². The Morgan fingerprint density at radius 2 is 1.71 bits per heavy atom. The monoisotopic (exact) mass is 345 g/mol. The first-order chi connectivity index (χ1) is 11.3. The van der Waals surface area contributed by atoms with Crippen molar-refractivity contribution < 1.29 is 23.1 Å². The Bertz CT molecular complexity index is 930. The molecule has 1 amide bonds. The summed E-state index contributed by atoms with van der Waals surface area (Å²) in [6.45, 7) is 0. The molecule has 0 radical (unpaired) electrons. The average Bonchev–Trinajstić information content (AvgIpc) is 2.59. The van der Waals surface area contributed by atoms with E-state index in [0.29, 0.717) is 0 Å². The molecule has 122 valence electrons. The fourth-order valence-corrected chi connectivity index (χ4v) is 2.59. The van der Waals surface area contributed by atoms with Gasteiger partial charge in [0.05, 0.1) is 22.1 Å². The number of carbonyl (C=O) groups excluding carboxylic acids is 1. The van der Waals surface area contributed by atoms with Crippen molar-refractivity contribution in [1.29, 1.82) is 5.26 Å². The highest BCUT2D eigenvalue weighted by atomic mass is 32.2. The fraction of sp³-hybridized carbons (Fsp3) is 0. The van der Waals surface area contributed by atoms with Crippen molar-refractivity contribution in [2.45, 2.75) is 4.90 Å². The van der Waals surface area contributed by atoms with E-state index in [1.807, 2.05) is 16.3 Å². The molecule has 0 aliphatic rings. The maximum absolute atomic E-state index is 12.0. The van der Waals surface area contributed by atoms with Gasteiger partial charge in [-0.05, 0) is 42.5 Å². The lowest BCUT2D eigenvalue weighted by atomic mass is 10.1. The maximum Gasteiger partial charge on any atom is 0.335 e. The molecule has 0 saturated carbocycles. The van der Waals surface area contributed by atoms with Crippen LogP contribution in [0.1, 0.15) is 26.3 Å². The highest BCUT2D eigenvalue weighted by Crippen LogP contribution is 2.10. The van der Waals surface area contributed by atoms with E-state index in [0.717, 1.165) is 24.3 Å². The second kappa shape index (κ2) is 6.91. The van der Waals surface area contributed by atoms with Crippen molar-refractivity contribution >= 4 is 21.9 Å². The summed E-state index contributed by atoms with van der Waals surface area (Å²) in [7, 11) is -4.06. The van der Waals surface area contributed by atoms with Gasteiger partial charge in [-0.2, -0.15) is 5.26 Å². The number of carbonyl (C=O) groups is 2. The number of amides is 1. The summed E-state index contributed by atoms with van der Waals surface area (Å²) in [4.78, 5) is 24.3. The van der Waals surface area contributed by atoms with Gasteiger partial charge in [0.25, 0.3) is 15.9 Å². The minimum atomic E-state index is -4.06. The summed E-state index contributed by atoms with van der Waals surface area (Å²) >= 11 is 0. The third-order valence-electron chi connectivity index (χ3n) is 2.96. The summed E-state index contributed by atoms with van der Waals surface area (Å²) in [5, 5.41) is 17.6. The van der Waals surface area contributed by atoms with E-state index in [9.17, 15) is 18.0 Å². The van der Waals surface area contributed by atoms with Crippen LogP contribution in [0.5, 0.6) is 0 Å². The number of hydrogen-bond acceptors (Lipinski definition) is 5. The van der Waals surface area contributed by atoms with Gasteiger partial charge in [0, 0.05) is 5.56 Å². The molecule has 0 saturated heterocycles. The van der Waals surface area contributed by atoms with E-state index in [4.69, 9.17) is 10.4 Å². The Morgan fingerprint density at radius 1 is 1.04 bits per heavy atom. The van der Waals surface area contributed by atoms with Gasteiger partial charge >= 0.3 is 5.97 Å². The van der Waals surface area contributed by atoms with Crippen LogP contribution < -0.4 is 10.3 Å². The van der Waals surface area contributed by atoms with Crippen molar-refractivity contribution in [2.75, 3.05) is 0 Å². The SMILES string of the molecule is N#Cc1cccc(C(=O)NNS(=O)(=O)c2ccc(C(=O)O)cc2)c1. The predicted molar refractivity (Wildman–Crippen MR) is 82.3 cm³/mol. The van der Waals surface area contributed by atoms with Gasteiger partial charge in [-0.15, -0.1) is 4.83 Å². The molecular weight excluding hydrogens is 334 g/mol. The van der Waals surface area contributed by atoms with Gasteiger partial charge in [0.15, 0.2) is 0 Å². The van der Waals surface area contributed by atoms with Crippen LogP contribution in [-0.2, 0) is 10.0 Å². The topological polar surface area (TPSA) is 136 Å². The van der Waals surface area contributed by atoms with Crippen LogP contribution in [-0.4, -0.2) is 25.4 Å². The first-order valence-electron chi connectivity index (χ1n) is 6.49. The number of hydrazine groups is 1. The molecule has 2 aromatic rings. The van der Waals surface area contributed by atoms with Crippen LogP contribution >= 0.6 is 0 Å². The molecule has 0 aromatic heterocycles. The summed E-state index contributed by atoms with van der Waals surface area (Å²) in [5.74, 6) is -1.92. The number of hydrogen-bond donors (Lipinski definition) is 3. The Balaban J connectivity index is 2.10. The molecule has 0 fully saturated rings. The number of carboxylic acids is 1. The highest BCUT2D eigenvalue weighted by molar-refractivity contribution is 7.89. The second-order valence-electron chi connectivity index (χ2n) is 4.58. The van der Waals surface area contributed by atoms with Crippen LogP contribution in [0.25, 0.3) is 0 Å². The quantitative estimate of drug-likeness (QED) is 0.688. The molecule has 8 nitrogen and oxygen atoms in total. The summed E-state index contributed by atoms with van der Waals surface area (Å²) in [6.07, 6.45) is 0. The zero-order chi connectivity index (χ0) is 17.7. The lowest BCUT2D eigenvalue weighted by molar-refractivity contribution is 0.0696. The number of nitriles is 1. The second-order valence-corrected chi connectivity index (χ2v) is 6.26.